The van der Waals surface area contributed by atoms with E-state index in [0.29, 0.717) is 11.2 Å². The van der Waals surface area contributed by atoms with Crippen molar-refractivity contribution >= 4 is 40.7 Å². The van der Waals surface area contributed by atoms with Crippen molar-refractivity contribution in [2.75, 3.05) is 18.9 Å². The number of rotatable bonds is 7. The molecule has 0 amide bonds. The van der Waals surface area contributed by atoms with Crippen LogP contribution in [-0.4, -0.2) is 50.8 Å². The second-order valence-electron chi connectivity index (χ2n) is 4.78. The van der Waals surface area contributed by atoms with E-state index < -0.39 is 18.0 Å². The summed E-state index contributed by atoms with van der Waals surface area (Å²) in [5.41, 5.74) is 6.34. The van der Waals surface area contributed by atoms with Gasteiger partial charge in [0.1, 0.15) is 31.6 Å². The Hall–Kier alpha value is -2.46. The number of nitrogen functional groups attached to an aromatic ring is 1. The monoisotopic (exact) mass is 357 g/mol. The van der Waals surface area contributed by atoms with Crippen molar-refractivity contribution in [3.63, 3.8) is 0 Å². The fourth-order valence-electron chi connectivity index (χ4n) is 1.77. The molecule has 2 aromatic heterocycles. The second kappa shape index (κ2) is 7.88. The Morgan fingerprint density at radius 3 is 2.46 bits per heavy atom. The SMILES string of the molecule is CC(=O)OCC(COC(C)=O)OCn1cnc2c(Cl)nc(N)nc21. The summed E-state index contributed by atoms with van der Waals surface area (Å²) in [4.78, 5) is 33.8. The zero-order chi connectivity index (χ0) is 17.7. The third-order valence-corrected chi connectivity index (χ3v) is 3.10. The standard InChI is InChI=1S/C13H16ClN5O5/c1-7(20)22-3-9(4-23-8(2)21)24-6-19-5-16-10-11(14)17-13(15)18-12(10)19/h5,9H,3-4,6H2,1-2H3,(H2,15,17,18). The predicted molar refractivity (Wildman–Crippen MR) is 82.9 cm³/mol. The fourth-order valence-corrected chi connectivity index (χ4v) is 1.99. The molecule has 0 fully saturated rings. The normalized spacial score (nSPS) is 11.0. The molecule has 0 aliphatic heterocycles. The topological polar surface area (TPSA) is 131 Å². The zero-order valence-electron chi connectivity index (χ0n) is 13.1. The third-order valence-electron chi connectivity index (χ3n) is 2.83. The van der Waals surface area contributed by atoms with Gasteiger partial charge in [0, 0.05) is 13.8 Å². The van der Waals surface area contributed by atoms with Crippen molar-refractivity contribution < 1.29 is 23.8 Å². The number of hydrogen-bond acceptors (Lipinski definition) is 9. The van der Waals surface area contributed by atoms with E-state index in [1.807, 2.05) is 0 Å². The van der Waals surface area contributed by atoms with Gasteiger partial charge in [-0.2, -0.15) is 9.97 Å². The quantitative estimate of drug-likeness (QED) is 0.556. The van der Waals surface area contributed by atoms with E-state index in [2.05, 4.69) is 15.0 Å². The summed E-state index contributed by atoms with van der Waals surface area (Å²) in [6, 6.07) is 0. The maximum atomic E-state index is 10.9. The Bertz CT molecular complexity index is 732. The van der Waals surface area contributed by atoms with Gasteiger partial charge in [-0.05, 0) is 0 Å². The number of esters is 2. The summed E-state index contributed by atoms with van der Waals surface area (Å²) >= 11 is 5.94. The maximum Gasteiger partial charge on any atom is 0.302 e. The van der Waals surface area contributed by atoms with Gasteiger partial charge in [0.15, 0.2) is 10.8 Å². The van der Waals surface area contributed by atoms with Gasteiger partial charge in [-0.1, -0.05) is 11.6 Å². The first-order valence-electron chi connectivity index (χ1n) is 6.89. The van der Waals surface area contributed by atoms with Crippen LogP contribution in [-0.2, 0) is 30.5 Å². The Kier molecular flexibility index (Phi) is 5.88. The smallest absolute Gasteiger partial charge is 0.302 e. The molecule has 0 saturated heterocycles. The van der Waals surface area contributed by atoms with E-state index in [0.717, 1.165) is 0 Å². The van der Waals surface area contributed by atoms with Crippen molar-refractivity contribution in [3.05, 3.63) is 11.5 Å². The Labute approximate surface area is 141 Å². The summed E-state index contributed by atoms with van der Waals surface area (Å²) in [6.45, 7) is 2.43. The molecule has 2 N–H and O–H groups in total. The summed E-state index contributed by atoms with van der Waals surface area (Å²) in [5, 5.41) is 0.132. The lowest BCUT2D eigenvalue weighted by Gasteiger charge is -2.17. The molecule has 0 aliphatic rings. The van der Waals surface area contributed by atoms with Gasteiger partial charge in [0.25, 0.3) is 0 Å². The minimum absolute atomic E-state index is 0.00521. The lowest BCUT2D eigenvalue weighted by atomic mass is 10.4. The third kappa shape index (κ3) is 4.77. The number of carbonyl (C=O) groups excluding carboxylic acids is 2. The summed E-state index contributed by atoms with van der Waals surface area (Å²) in [5.74, 6) is -0.927. The highest BCUT2D eigenvalue weighted by Gasteiger charge is 2.16. The van der Waals surface area contributed by atoms with Gasteiger partial charge in [-0.3, -0.25) is 14.2 Å². The minimum atomic E-state index is -0.648. The highest BCUT2D eigenvalue weighted by atomic mass is 35.5. The number of hydrogen-bond donors (Lipinski definition) is 1. The number of fused-ring (bicyclic) bond motifs is 1. The van der Waals surface area contributed by atoms with Crippen LogP contribution in [0.1, 0.15) is 13.8 Å². The van der Waals surface area contributed by atoms with Gasteiger partial charge < -0.3 is 19.9 Å². The van der Waals surface area contributed by atoms with Crippen LogP contribution in [0, 0.1) is 0 Å². The lowest BCUT2D eigenvalue weighted by Crippen LogP contribution is -2.28. The Balaban J connectivity index is 2.07. The van der Waals surface area contributed by atoms with Crippen LogP contribution < -0.4 is 5.73 Å². The van der Waals surface area contributed by atoms with Crippen molar-refractivity contribution in [1.82, 2.24) is 19.5 Å². The Morgan fingerprint density at radius 2 is 1.88 bits per heavy atom. The number of carbonyl (C=O) groups is 2. The molecule has 2 heterocycles. The number of nitrogens with two attached hydrogens (primary N) is 1. The maximum absolute atomic E-state index is 10.9. The van der Waals surface area contributed by atoms with Crippen molar-refractivity contribution in [3.8, 4) is 0 Å². The molecular formula is C13H16ClN5O5. The molecule has 0 atom stereocenters. The number of imidazole rings is 1. The van der Waals surface area contributed by atoms with E-state index in [1.54, 1.807) is 4.57 Å². The highest BCUT2D eigenvalue weighted by Crippen LogP contribution is 2.19. The van der Waals surface area contributed by atoms with Gasteiger partial charge >= 0.3 is 11.9 Å². The van der Waals surface area contributed by atoms with Crippen LogP contribution in [0.2, 0.25) is 5.15 Å². The molecule has 0 bridgehead atoms. The molecule has 2 aromatic rings. The number of anilines is 1. The van der Waals surface area contributed by atoms with E-state index in [4.69, 9.17) is 31.5 Å². The first-order valence-corrected chi connectivity index (χ1v) is 7.26. The van der Waals surface area contributed by atoms with Crippen LogP contribution in [0.15, 0.2) is 6.33 Å². The minimum Gasteiger partial charge on any atom is -0.463 e. The Morgan fingerprint density at radius 1 is 1.25 bits per heavy atom. The average molecular weight is 358 g/mol. The zero-order valence-corrected chi connectivity index (χ0v) is 13.8. The molecule has 0 saturated carbocycles. The molecule has 24 heavy (non-hydrogen) atoms. The number of ether oxygens (including phenoxy) is 3. The first kappa shape index (κ1) is 17.9. The number of nitrogens with zero attached hydrogens (tertiary/aromatic N) is 4. The molecule has 0 radical (unpaired) electrons. The van der Waals surface area contributed by atoms with Crippen molar-refractivity contribution in [2.45, 2.75) is 26.7 Å². The average Bonchev–Trinajstić information content (AvgIpc) is 2.89. The van der Waals surface area contributed by atoms with Crippen LogP contribution >= 0.6 is 11.6 Å². The van der Waals surface area contributed by atoms with Gasteiger partial charge in [0.2, 0.25) is 5.95 Å². The molecule has 0 unspecified atom stereocenters. The second-order valence-corrected chi connectivity index (χ2v) is 5.14. The largest absolute Gasteiger partial charge is 0.463 e. The van der Waals surface area contributed by atoms with E-state index in [9.17, 15) is 9.59 Å². The first-order chi connectivity index (χ1) is 11.4. The van der Waals surface area contributed by atoms with E-state index >= 15 is 0 Å². The van der Waals surface area contributed by atoms with E-state index in [-0.39, 0.29) is 31.0 Å². The van der Waals surface area contributed by atoms with Crippen LogP contribution in [0.25, 0.3) is 11.2 Å². The van der Waals surface area contributed by atoms with Crippen LogP contribution in [0.4, 0.5) is 5.95 Å². The molecule has 130 valence electrons. The van der Waals surface area contributed by atoms with Crippen LogP contribution in [0.3, 0.4) is 0 Å². The molecule has 2 rings (SSSR count). The van der Waals surface area contributed by atoms with Crippen LogP contribution in [0.5, 0.6) is 0 Å². The molecule has 10 nitrogen and oxygen atoms in total. The molecule has 0 aliphatic carbocycles. The lowest BCUT2D eigenvalue weighted by molar-refractivity contribution is -0.154. The fraction of sp³-hybridized carbons (Fsp3) is 0.462. The summed E-state index contributed by atoms with van der Waals surface area (Å²) in [6.07, 6.45) is 0.809. The number of aromatic nitrogens is 4. The van der Waals surface area contributed by atoms with E-state index in [1.165, 1.54) is 20.2 Å². The van der Waals surface area contributed by atoms with Gasteiger partial charge in [-0.25, -0.2) is 4.98 Å². The van der Waals surface area contributed by atoms with Crippen molar-refractivity contribution in [1.29, 1.82) is 0 Å². The molecule has 0 aromatic carbocycles. The molecule has 0 spiro atoms. The highest BCUT2D eigenvalue weighted by molar-refractivity contribution is 6.33. The van der Waals surface area contributed by atoms with Gasteiger partial charge in [0.05, 0.1) is 6.33 Å². The predicted octanol–water partition coefficient (Wildman–Crippen LogP) is 0.531. The molecular weight excluding hydrogens is 342 g/mol. The van der Waals surface area contributed by atoms with Gasteiger partial charge in [-0.15, -0.1) is 0 Å². The summed E-state index contributed by atoms with van der Waals surface area (Å²) < 4.78 is 16.9. The summed E-state index contributed by atoms with van der Waals surface area (Å²) in [7, 11) is 0. The molecule has 11 heteroatoms. The van der Waals surface area contributed by atoms with Crippen molar-refractivity contribution in [2.24, 2.45) is 0 Å². The number of halogens is 1.